The molecule has 0 fully saturated rings. The number of rotatable bonds is 4. The normalized spacial score (nSPS) is 11.4. The second-order valence-corrected chi connectivity index (χ2v) is 6.60. The monoisotopic (exact) mass is 386 g/mol. The number of aryl methyl sites for hydroxylation is 1. The molecular weight excluding hydrogens is 371 g/mol. The average Bonchev–Trinajstić information content (AvgIpc) is 3.21. The van der Waals surface area contributed by atoms with Crippen molar-refractivity contribution in [2.45, 2.75) is 13.3 Å². The summed E-state index contributed by atoms with van der Waals surface area (Å²) >= 11 is 5.95. The zero-order chi connectivity index (χ0) is 19.1. The van der Waals surface area contributed by atoms with Gasteiger partial charge >= 0.3 is 0 Å². The van der Waals surface area contributed by atoms with Gasteiger partial charge in [-0.05, 0) is 18.6 Å². The number of fused-ring (bicyclic) bond motifs is 2. The highest BCUT2D eigenvalue weighted by molar-refractivity contribution is 6.31. The molecule has 9 heteroatoms. The molecule has 0 aliphatic rings. The molecule has 4 aromatic rings. The van der Waals surface area contributed by atoms with E-state index in [1.54, 1.807) is 19.3 Å². The summed E-state index contributed by atoms with van der Waals surface area (Å²) in [6, 6.07) is 2.88. The van der Waals surface area contributed by atoms with Crippen LogP contribution in [0.5, 0.6) is 0 Å². The molecule has 0 radical (unpaired) electrons. The fraction of sp³-hybridized carbons (Fsp3) is 0.222. The number of carbonyl (C=O) groups excluding carboxylic acids is 1. The lowest BCUT2D eigenvalue weighted by Gasteiger charge is -2.02. The van der Waals surface area contributed by atoms with Crippen LogP contribution in [0.2, 0.25) is 5.02 Å². The molecule has 3 heterocycles. The van der Waals surface area contributed by atoms with Gasteiger partial charge in [-0.25, -0.2) is 14.4 Å². The predicted octanol–water partition coefficient (Wildman–Crippen LogP) is 3.44. The van der Waals surface area contributed by atoms with Crippen LogP contribution in [0, 0.1) is 5.82 Å². The van der Waals surface area contributed by atoms with Gasteiger partial charge in [-0.3, -0.25) is 9.48 Å². The van der Waals surface area contributed by atoms with E-state index in [4.69, 9.17) is 11.6 Å². The fourth-order valence-corrected chi connectivity index (χ4v) is 3.19. The van der Waals surface area contributed by atoms with Gasteiger partial charge in [0.15, 0.2) is 5.65 Å². The number of amides is 1. The van der Waals surface area contributed by atoms with Crippen LogP contribution in [-0.4, -0.2) is 37.2 Å². The van der Waals surface area contributed by atoms with Crippen LogP contribution in [0.25, 0.3) is 33.5 Å². The Hall–Kier alpha value is -3.00. The van der Waals surface area contributed by atoms with Crippen molar-refractivity contribution in [2.75, 3.05) is 6.54 Å². The summed E-state index contributed by atoms with van der Waals surface area (Å²) in [4.78, 5) is 24.1. The highest BCUT2D eigenvalue weighted by Gasteiger charge is 2.20. The number of aromatic amines is 1. The summed E-state index contributed by atoms with van der Waals surface area (Å²) < 4.78 is 16.1. The highest BCUT2D eigenvalue weighted by atomic mass is 35.5. The number of H-pyrrole nitrogens is 1. The second kappa shape index (κ2) is 6.62. The van der Waals surface area contributed by atoms with E-state index < -0.39 is 5.82 Å². The summed E-state index contributed by atoms with van der Waals surface area (Å²) in [6.07, 6.45) is 3.89. The second-order valence-electron chi connectivity index (χ2n) is 6.16. The number of carbonyl (C=O) groups is 1. The number of aromatic nitrogens is 5. The lowest BCUT2D eigenvalue weighted by atomic mass is 10.1. The Bertz CT molecular complexity index is 1180. The van der Waals surface area contributed by atoms with Crippen LogP contribution in [-0.2, 0) is 7.05 Å². The zero-order valence-electron chi connectivity index (χ0n) is 14.7. The Kier molecular flexibility index (Phi) is 4.27. The van der Waals surface area contributed by atoms with Crippen LogP contribution in [0.1, 0.15) is 23.7 Å². The van der Waals surface area contributed by atoms with E-state index in [0.29, 0.717) is 45.6 Å². The van der Waals surface area contributed by atoms with Crippen LogP contribution in [0.15, 0.2) is 24.5 Å². The minimum absolute atomic E-state index is 0.238. The van der Waals surface area contributed by atoms with Crippen LogP contribution in [0.4, 0.5) is 4.39 Å². The topological polar surface area (TPSA) is 88.5 Å². The lowest BCUT2D eigenvalue weighted by molar-refractivity contribution is 0.0955. The molecule has 0 bridgehead atoms. The molecule has 0 spiro atoms. The average molecular weight is 387 g/mol. The van der Waals surface area contributed by atoms with Gasteiger partial charge in [0.1, 0.15) is 22.7 Å². The molecule has 4 rings (SSSR count). The Labute approximate surface area is 158 Å². The number of nitrogens with one attached hydrogen (secondary N) is 2. The molecule has 1 amide bonds. The van der Waals surface area contributed by atoms with Crippen molar-refractivity contribution in [3.63, 3.8) is 0 Å². The van der Waals surface area contributed by atoms with Gasteiger partial charge in [0, 0.05) is 24.8 Å². The summed E-state index contributed by atoms with van der Waals surface area (Å²) in [5.74, 6) is -0.726. The van der Waals surface area contributed by atoms with Gasteiger partial charge < -0.3 is 10.3 Å². The Morgan fingerprint density at radius 3 is 3.00 bits per heavy atom. The molecule has 138 valence electrons. The standard InChI is InChI=1S/C18H16ClFN6O/c1-3-4-21-18(27)10-7-22-17-15(10)24-12(8-23-17)16-14-11(20)5-9(19)6-13(14)26(2)25-16/h5-8H,3-4H2,1-2H3,(H,21,27)(H,22,23). The van der Waals surface area contributed by atoms with Gasteiger partial charge in [-0.1, -0.05) is 18.5 Å². The number of hydrogen-bond acceptors (Lipinski definition) is 4. The number of hydrogen-bond donors (Lipinski definition) is 2. The van der Waals surface area contributed by atoms with Crippen molar-refractivity contribution >= 4 is 39.6 Å². The van der Waals surface area contributed by atoms with Crippen LogP contribution in [0.3, 0.4) is 0 Å². The summed E-state index contributed by atoms with van der Waals surface area (Å²) in [5, 5.41) is 7.79. The number of halogens is 2. The van der Waals surface area contributed by atoms with Crippen LogP contribution >= 0.6 is 11.6 Å². The van der Waals surface area contributed by atoms with E-state index in [0.717, 1.165) is 6.42 Å². The Balaban J connectivity index is 1.88. The first-order valence-electron chi connectivity index (χ1n) is 8.44. The van der Waals surface area contributed by atoms with Crippen molar-refractivity contribution in [1.82, 2.24) is 30.0 Å². The quantitative estimate of drug-likeness (QED) is 0.562. The van der Waals surface area contributed by atoms with Gasteiger partial charge in [-0.2, -0.15) is 5.10 Å². The predicted molar refractivity (Wildman–Crippen MR) is 101 cm³/mol. The molecule has 0 saturated carbocycles. The van der Waals surface area contributed by atoms with Crippen molar-refractivity contribution in [3.8, 4) is 11.4 Å². The minimum Gasteiger partial charge on any atom is -0.352 e. The lowest BCUT2D eigenvalue weighted by Crippen LogP contribution is -2.23. The van der Waals surface area contributed by atoms with E-state index in [1.165, 1.54) is 16.9 Å². The third-order valence-electron chi connectivity index (χ3n) is 4.27. The van der Waals surface area contributed by atoms with Crippen molar-refractivity contribution in [2.24, 2.45) is 7.05 Å². The molecule has 1 aromatic carbocycles. The third kappa shape index (κ3) is 2.91. The molecule has 0 saturated heterocycles. The molecule has 3 aromatic heterocycles. The van der Waals surface area contributed by atoms with Gasteiger partial charge in [0.25, 0.3) is 5.91 Å². The molecule has 2 N–H and O–H groups in total. The fourth-order valence-electron chi connectivity index (χ4n) is 3.00. The summed E-state index contributed by atoms with van der Waals surface area (Å²) in [7, 11) is 1.70. The number of benzene rings is 1. The first-order valence-corrected chi connectivity index (χ1v) is 8.81. The summed E-state index contributed by atoms with van der Waals surface area (Å²) in [6.45, 7) is 2.54. The SMILES string of the molecule is CCCNC(=O)c1c[nH]c2ncc(-c3nn(C)c4cc(Cl)cc(F)c34)nc12. The first kappa shape index (κ1) is 17.4. The van der Waals surface area contributed by atoms with E-state index in [2.05, 4.69) is 25.4 Å². The van der Waals surface area contributed by atoms with Crippen molar-refractivity contribution < 1.29 is 9.18 Å². The van der Waals surface area contributed by atoms with Crippen molar-refractivity contribution in [3.05, 3.63) is 40.9 Å². The number of nitrogens with zero attached hydrogens (tertiary/aromatic N) is 4. The third-order valence-corrected chi connectivity index (χ3v) is 4.49. The van der Waals surface area contributed by atoms with Crippen LogP contribution < -0.4 is 5.32 Å². The molecule has 0 aliphatic heterocycles. The molecule has 0 aliphatic carbocycles. The van der Waals surface area contributed by atoms with E-state index in [9.17, 15) is 9.18 Å². The summed E-state index contributed by atoms with van der Waals surface area (Å²) in [5.41, 5.74) is 2.54. The Morgan fingerprint density at radius 1 is 1.41 bits per heavy atom. The highest BCUT2D eigenvalue weighted by Crippen LogP contribution is 2.31. The largest absolute Gasteiger partial charge is 0.352 e. The Morgan fingerprint density at radius 2 is 2.22 bits per heavy atom. The minimum atomic E-state index is -0.488. The van der Waals surface area contributed by atoms with Crippen molar-refractivity contribution in [1.29, 1.82) is 0 Å². The van der Waals surface area contributed by atoms with Gasteiger partial charge in [0.2, 0.25) is 0 Å². The van der Waals surface area contributed by atoms with E-state index in [1.807, 2.05) is 6.92 Å². The molecule has 27 heavy (non-hydrogen) atoms. The van der Waals surface area contributed by atoms with Gasteiger partial charge in [0.05, 0.1) is 22.7 Å². The molecular formula is C18H16ClFN6O. The first-order chi connectivity index (χ1) is 13.0. The molecule has 7 nitrogen and oxygen atoms in total. The zero-order valence-corrected chi connectivity index (χ0v) is 15.4. The maximum Gasteiger partial charge on any atom is 0.255 e. The molecule has 0 unspecified atom stereocenters. The van der Waals surface area contributed by atoms with E-state index in [-0.39, 0.29) is 10.9 Å². The smallest absolute Gasteiger partial charge is 0.255 e. The van der Waals surface area contributed by atoms with E-state index >= 15 is 0 Å². The molecule has 0 atom stereocenters. The van der Waals surface area contributed by atoms with Gasteiger partial charge in [-0.15, -0.1) is 0 Å². The maximum absolute atomic E-state index is 14.6. The maximum atomic E-state index is 14.6.